The van der Waals surface area contributed by atoms with Crippen LogP contribution in [-0.4, -0.2) is 6.61 Å². The van der Waals surface area contributed by atoms with Crippen molar-refractivity contribution in [3.8, 4) is 5.75 Å². The first kappa shape index (κ1) is 17.0. The molecule has 1 nitrogen and oxygen atoms in total. The topological polar surface area (TPSA) is 9.23 Å². The van der Waals surface area contributed by atoms with Gasteiger partial charge in [0.25, 0.3) is 0 Å². The Hall–Kier alpha value is -0.0166. The molecule has 0 fully saturated rings. The van der Waals surface area contributed by atoms with Gasteiger partial charge < -0.3 is 4.74 Å². The fourth-order valence-corrected chi connectivity index (χ4v) is 1.27. The molecule has 0 spiro atoms. The van der Waals surface area contributed by atoms with E-state index in [1.165, 1.54) is 16.3 Å². The van der Waals surface area contributed by atoms with E-state index in [2.05, 4.69) is 26.6 Å². The first-order chi connectivity index (χ1) is 8.25. The normalized spacial score (nSPS) is 9.53. The third kappa shape index (κ3) is 7.10. The van der Waals surface area contributed by atoms with Crippen LogP contribution in [0, 0.1) is 17.7 Å². The summed E-state index contributed by atoms with van der Waals surface area (Å²) in [5, 5.41) is 0. The second-order valence-electron chi connectivity index (χ2n) is 3.39. The summed E-state index contributed by atoms with van der Waals surface area (Å²) in [6.07, 6.45) is 4.10. The molecule has 1 aromatic carbocycles. The van der Waals surface area contributed by atoms with Gasteiger partial charge in [-0.1, -0.05) is 26.2 Å². The SMILES string of the molecule is CCCCCCOc1c(F)c[c-]cc1F.[Zn+][Br]. The van der Waals surface area contributed by atoms with E-state index in [0.29, 0.717) is 6.61 Å². The number of halogens is 3. The molecule has 0 saturated carbocycles. The van der Waals surface area contributed by atoms with E-state index in [-0.39, 0.29) is 5.75 Å². The van der Waals surface area contributed by atoms with Gasteiger partial charge in [0.05, 0.1) is 24.0 Å². The first-order valence-electron chi connectivity index (χ1n) is 5.50. The molecule has 17 heavy (non-hydrogen) atoms. The van der Waals surface area contributed by atoms with Crippen molar-refractivity contribution in [3.05, 3.63) is 29.8 Å². The third-order valence-corrected chi connectivity index (χ3v) is 2.10. The quantitative estimate of drug-likeness (QED) is 0.411. The molecule has 0 saturated heterocycles. The molecular formula is C12H15BrF2OZn. The van der Waals surface area contributed by atoms with Crippen molar-refractivity contribution in [1.82, 2.24) is 0 Å². The Labute approximate surface area is 118 Å². The van der Waals surface area contributed by atoms with Gasteiger partial charge in [-0.3, -0.25) is 8.78 Å². The molecule has 0 aliphatic rings. The molecule has 0 aromatic heterocycles. The summed E-state index contributed by atoms with van der Waals surface area (Å²) in [7, 11) is 0. The zero-order valence-electron chi connectivity index (χ0n) is 9.94. The van der Waals surface area contributed by atoms with Gasteiger partial charge in [-0.05, 0) is 6.42 Å². The van der Waals surface area contributed by atoms with Gasteiger partial charge in [-0.2, -0.15) is 6.07 Å². The Morgan fingerprint density at radius 3 is 2.29 bits per heavy atom. The summed E-state index contributed by atoms with van der Waals surface area (Å²) in [5.74, 6) is -1.67. The monoisotopic (exact) mass is 356 g/mol. The second kappa shape index (κ2) is 11.1. The molecule has 0 amide bonds. The average molecular weight is 359 g/mol. The number of hydrogen-bond donors (Lipinski definition) is 0. The Morgan fingerprint density at radius 2 is 1.76 bits per heavy atom. The number of unbranched alkanes of at least 4 members (excludes halogenated alkanes) is 3. The predicted molar refractivity (Wildman–Crippen MR) is 63.8 cm³/mol. The van der Waals surface area contributed by atoms with Gasteiger partial charge in [0, 0.05) is 0 Å². The van der Waals surface area contributed by atoms with E-state index in [0.717, 1.165) is 37.8 Å². The van der Waals surface area contributed by atoms with Crippen LogP contribution in [0.25, 0.3) is 0 Å². The van der Waals surface area contributed by atoms with E-state index < -0.39 is 11.6 Å². The fourth-order valence-electron chi connectivity index (χ4n) is 1.27. The van der Waals surface area contributed by atoms with Crippen LogP contribution in [0.3, 0.4) is 0 Å². The number of ether oxygens (including phenoxy) is 1. The first-order valence-corrected chi connectivity index (χ1v) is 12.4. The Balaban J connectivity index is 0.00000121. The van der Waals surface area contributed by atoms with E-state index >= 15 is 0 Å². The van der Waals surface area contributed by atoms with Crippen LogP contribution in [-0.2, 0) is 16.3 Å². The average Bonchev–Trinajstić information content (AvgIpc) is 2.35. The number of hydrogen-bond acceptors (Lipinski definition) is 1. The van der Waals surface area contributed by atoms with Crippen molar-refractivity contribution in [2.24, 2.45) is 0 Å². The van der Waals surface area contributed by atoms with Gasteiger partial charge in [-0.15, -0.1) is 12.1 Å². The molecule has 92 valence electrons. The second-order valence-corrected chi connectivity index (χ2v) is 3.39. The molecule has 0 aliphatic heterocycles. The molecule has 0 N–H and O–H groups in total. The zero-order chi connectivity index (χ0) is 13.1. The molecule has 0 aliphatic carbocycles. The molecule has 5 heteroatoms. The van der Waals surface area contributed by atoms with Gasteiger partial charge in [-0.25, -0.2) is 0 Å². The van der Waals surface area contributed by atoms with Crippen molar-refractivity contribution in [3.63, 3.8) is 0 Å². The molecule has 1 aromatic rings. The number of rotatable bonds is 6. The molecule has 1 rings (SSSR count). The van der Waals surface area contributed by atoms with Crippen molar-refractivity contribution < 1.29 is 29.9 Å². The Bertz CT molecular complexity index is 290. The van der Waals surface area contributed by atoms with Crippen molar-refractivity contribution in [2.75, 3.05) is 6.61 Å². The van der Waals surface area contributed by atoms with Gasteiger partial charge in [0.15, 0.2) is 0 Å². The third-order valence-electron chi connectivity index (χ3n) is 2.10. The summed E-state index contributed by atoms with van der Waals surface area (Å²) in [6.45, 7) is 2.46. The van der Waals surface area contributed by atoms with Crippen LogP contribution >= 0.6 is 13.6 Å². The maximum absolute atomic E-state index is 13.0. The van der Waals surface area contributed by atoms with E-state index in [1.54, 1.807) is 0 Å². The summed E-state index contributed by atoms with van der Waals surface area (Å²) in [4.78, 5) is 0. The van der Waals surface area contributed by atoms with Crippen molar-refractivity contribution >= 4 is 13.6 Å². The molecule has 0 bridgehead atoms. The van der Waals surface area contributed by atoms with Crippen LogP contribution in [0.4, 0.5) is 8.78 Å². The molecule has 0 heterocycles. The summed E-state index contributed by atoms with van der Waals surface area (Å²) >= 11 is 4.25. The minimum atomic E-state index is -0.689. The van der Waals surface area contributed by atoms with Crippen LogP contribution in [0.2, 0.25) is 0 Å². The van der Waals surface area contributed by atoms with Gasteiger partial charge in [0.1, 0.15) is 0 Å². The molecule has 0 unspecified atom stereocenters. The Kier molecular flexibility index (Phi) is 11.1. The summed E-state index contributed by atoms with van der Waals surface area (Å²) in [6, 6.07) is 4.50. The van der Waals surface area contributed by atoms with Gasteiger partial charge in [0.2, 0.25) is 0 Å². The standard InChI is InChI=1S/C12H15F2O.BrH.Zn/c1-2-3-4-5-9-15-12-10(13)7-6-8-11(12)14;;/h7-8H,2-5,9H2,1H3;1H;/q-1;;+2/p-1. The molecular weight excluding hydrogens is 343 g/mol. The molecule has 0 atom stereocenters. The minimum absolute atomic E-state index is 0.287. The maximum atomic E-state index is 13.0. The fraction of sp³-hybridized carbons (Fsp3) is 0.500. The van der Waals surface area contributed by atoms with Crippen molar-refractivity contribution in [2.45, 2.75) is 32.6 Å². The van der Waals surface area contributed by atoms with Crippen LogP contribution < -0.4 is 4.74 Å². The van der Waals surface area contributed by atoms with Crippen LogP contribution in [0.15, 0.2) is 12.1 Å². The van der Waals surface area contributed by atoms with E-state index in [4.69, 9.17) is 4.74 Å². The number of benzene rings is 1. The van der Waals surface area contributed by atoms with E-state index in [9.17, 15) is 8.78 Å². The van der Waals surface area contributed by atoms with Crippen LogP contribution in [0.1, 0.15) is 32.6 Å². The predicted octanol–water partition coefficient (Wildman–Crippen LogP) is 4.57. The molecule has 0 radical (unpaired) electrons. The van der Waals surface area contributed by atoms with E-state index in [1.807, 2.05) is 0 Å². The van der Waals surface area contributed by atoms with Crippen molar-refractivity contribution in [1.29, 1.82) is 0 Å². The van der Waals surface area contributed by atoms with Crippen LogP contribution in [0.5, 0.6) is 5.75 Å². The Morgan fingerprint density at radius 1 is 1.18 bits per heavy atom. The summed E-state index contributed by atoms with van der Waals surface area (Å²) < 4.78 is 31.1. The van der Waals surface area contributed by atoms with Gasteiger partial charge >= 0.3 is 30.0 Å². The summed E-state index contributed by atoms with van der Waals surface area (Å²) in [5.41, 5.74) is 0. The zero-order valence-corrected chi connectivity index (χ0v) is 14.5.